The lowest BCUT2D eigenvalue weighted by Crippen LogP contribution is -2.63. The van der Waals surface area contributed by atoms with Gasteiger partial charge in [-0.3, -0.25) is 9.59 Å². The fourth-order valence-corrected chi connectivity index (χ4v) is 5.60. The van der Waals surface area contributed by atoms with Gasteiger partial charge in [0.2, 0.25) is 15.9 Å². The van der Waals surface area contributed by atoms with Gasteiger partial charge in [0.1, 0.15) is 5.54 Å². The third-order valence-corrected chi connectivity index (χ3v) is 8.36. The van der Waals surface area contributed by atoms with Crippen molar-refractivity contribution in [1.82, 2.24) is 30.5 Å². The zero-order chi connectivity index (χ0) is 29.8. The number of amides is 2. The summed E-state index contributed by atoms with van der Waals surface area (Å²) in [5, 5.41) is 12.3. The molecule has 15 heteroatoms. The van der Waals surface area contributed by atoms with Crippen LogP contribution in [0.1, 0.15) is 34.5 Å². The number of carbonyl (C=O) groups excluding carboxylic acids is 2. The smallest absolute Gasteiger partial charge is 0.353 e. The van der Waals surface area contributed by atoms with Crippen LogP contribution < -0.4 is 20.7 Å². The lowest BCUT2D eigenvalue weighted by molar-refractivity contribution is -0.143. The van der Waals surface area contributed by atoms with Crippen LogP contribution in [0, 0.1) is 6.92 Å². The van der Waals surface area contributed by atoms with E-state index >= 15 is 0 Å². The molecule has 2 heterocycles. The molecule has 2 aromatic carbocycles. The zero-order valence-corrected chi connectivity index (χ0v) is 23.5. The molecule has 41 heavy (non-hydrogen) atoms. The highest BCUT2D eigenvalue weighted by atomic mass is 35.5. The molecule has 1 fully saturated rings. The molecule has 2 amide bonds. The highest BCUT2D eigenvalue weighted by molar-refractivity contribution is 7.89. The van der Waals surface area contributed by atoms with Crippen LogP contribution in [-0.2, 0) is 21.0 Å². The number of aromatic nitrogens is 2. The Morgan fingerprint density at radius 1 is 1.05 bits per heavy atom. The van der Waals surface area contributed by atoms with E-state index in [4.69, 9.17) is 11.6 Å². The van der Waals surface area contributed by atoms with Gasteiger partial charge in [-0.05, 0) is 69.3 Å². The van der Waals surface area contributed by atoms with Gasteiger partial charge in [0.05, 0.1) is 22.3 Å². The van der Waals surface area contributed by atoms with Gasteiger partial charge in [-0.1, -0.05) is 29.3 Å². The number of aryl methyl sites for hydroxylation is 1. The normalized spacial score (nSPS) is 15.3. The molecule has 1 aromatic heterocycles. The summed E-state index contributed by atoms with van der Waals surface area (Å²) >= 11 is 5.85. The van der Waals surface area contributed by atoms with Crippen LogP contribution in [0.5, 0.6) is 0 Å². The van der Waals surface area contributed by atoms with E-state index in [9.17, 15) is 31.2 Å². The SMILES string of the molecule is Cc1ccc(S(=O)(=O)NCCNC(=O)C2(NC(=O)c3cnn(-c4ccc(Cl)cc4)c3C(F)(F)F)CCNCC2)cc1. The van der Waals surface area contributed by atoms with Crippen LogP contribution in [0.25, 0.3) is 5.69 Å². The number of benzene rings is 2. The van der Waals surface area contributed by atoms with E-state index < -0.39 is 44.8 Å². The lowest BCUT2D eigenvalue weighted by atomic mass is 9.86. The van der Waals surface area contributed by atoms with E-state index in [1.807, 2.05) is 6.92 Å². The Bertz CT molecular complexity index is 1500. The Balaban J connectivity index is 1.49. The molecule has 0 aliphatic carbocycles. The fraction of sp³-hybridized carbons (Fsp3) is 0.346. The first-order valence-electron chi connectivity index (χ1n) is 12.6. The predicted molar refractivity (Wildman–Crippen MR) is 145 cm³/mol. The summed E-state index contributed by atoms with van der Waals surface area (Å²) < 4.78 is 70.4. The average molecular weight is 613 g/mol. The Morgan fingerprint density at radius 2 is 1.68 bits per heavy atom. The summed E-state index contributed by atoms with van der Waals surface area (Å²) in [5.74, 6) is -1.75. The number of sulfonamides is 1. The minimum atomic E-state index is -4.94. The van der Waals surface area contributed by atoms with Crippen molar-refractivity contribution >= 4 is 33.4 Å². The Hall–Kier alpha value is -3.46. The molecule has 4 N–H and O–H groups in total. The molecule has 0 saturated carbocycles. The fourth-order valence-electron chi connectivity index (χ4n) is 4.44. The molecule has 3 aromatic rings. The van der Waals surface area contributed by atoms with Gasteiger partial charge in [-0.25, -0.2) is 17.8 Å². The standard InChI is InChI=1S/C26H28ClF3N6O4S/c1-17-2-8-20(9-3-17)41(39,40)34-15-14-32-24(38)25(10-12-31-13-11-25)35-23(37)21-16-33-36(22(21)26(28,29)30)19-6-4-18(27)5-7-19/h2-9,16,31,34H,10-15H2,1H3,(H,32,38)(H,35,37). The van der Waals surface area contributed by atoms with Crippen molar-refractivity contribution in [3.05, 3.63) is 76.6 Å². The van der Waals surface area contributed by atoms with Crippen LogP contribution in [0.15, 0.2) is 59.6 Å². The maximum absolute atomic E-state index is 14.1. The van der Waals surface area contributed by atoms with Crippen molar-refractivity contribution in [2.24, 2.45) is 0 Å². The van der Waals surface area contributed by atoms with Crippen molar-refractivity contribution in [1.29, 1.82) is 0 Å². The van der Waals surface area contributed by atoms with Crippen LogP contribution in [0.3, 0.4) is 0 Å². The second-order valence-electron chi connectivity index (χ2n) is 9.55. The quantitative estimate of drug-likeness (QED) is 0.275. The topological polar surface area (TPSA) is 134 Å². The summed E-state index contributed by atoms with van der Waals surface area (Å²) in [6.45, 7) is 2.21. The summed E-state index contributed by atoms with van der Waals surface area (Å²) in [7, 11) is -3.82. The summed E-state index contributed by atoms with van der Waals surface area (Å²) in [5.41, 5.74) is -2.63. The van der Waals surface area contributed by atoms with E-state index in [1.54, 1.807) is 12.1 Å². The second kappa shape index (κ2) is 12.2. The average Bonchev–Trinajstić information content (AvgIpc) is 3.39. The number of carbonyl (C=O) groups is 2. The molecule has 0 radical (unpaired) electrons. The van der Waals surface area contributed by atoms with Gasteiger partial charge in [0, 0.05) is 18.1 Å². The molecule has 4 rings (SSSR count). The highest BCUT2D eigenvalue weighted by Gasteiger charge is 2.45. The number of hydrogen-bond acceptors (Lipinski definition) is 6. The molecule has 0 spiro atoms. The van der Waals surface area contributed by atoms with E-state index in [1.165, 1.54) is 36.4 Å². The van der Waals surface area contributed by atoms with E-state index in [0.717, 1.165) is 11.8 Å². The van der Waals surface area contributed by atoms with Gasteiger partial charge in [0.25, 0.3) is 5.91 Å². The number of nitrogens with zero attached hydrogens (tertiary/aromatic N) is 2. The van der Waals surface area contributed by atoms with Gasteiger partial charge in [0.15, 0.2) is 5.69 Å². The number of halogens is 4. The molecule has 1 aliphatic heterocycles. The number of rotatable bonds is 9. The van der Waals surface area contributed by atoms with Crippen molar-refractivity contribution in [3.63, 3.8) is 0 Å². The Labute approximate surface area is 239 Å². The van der Waals surface area contributed by atoms with Crippen LogP contribution in [0.2, 0.25) is 5.02 Å². The van der Waals surface area contributed by atoms with E-state index in [-0.39, 0.29) is 36.5 Å². The molecular formula is C26H28ClF3N6O4S. The summed E-state index contributed by atoms with van der Waals surface area (Å²) in [6, 6.07) is 11.7. The molecule has 1 aliphatic rings. The second-order valence-corrected chi connectivity index (χ2v) is 11.7. The molecule has 220 valence electrons. The number of hydrogen-bond donors (Lipinski definition) is 4. The Kier molecular flexibility index (Phi) is 9.07. The Morgan fingerprint density at radius 3 is 2.29 bits per heavy atom. The van der Waals surface area contributed by atoms with Gasteiger partial charge in [-0.2, -0.15) is 18.3 Å². The minimum Gasteiger partial charge on any atom is -0.353 e. The maximum atomic E-state index is 14.1. The first-order chi connectivity index (χ1) is 19.3. The largest absolute Gasteiger partial charge is 0.434 e. The molecular weight excluding hydrogens is 585 g/mol. The van der Waals surface area contributed by atoms with Crippen molar-refractivity contribution in [3.8, 4) is 5.69 Å². The minimum absolute atomic E-state index is 0.0446. The third-order valence-electron chi connectivity index (χ3n) is 6.63. The highest BCUT2D eigenvalue weighted by Crippen LogP contribution is 2.34. The van der Waals surface area contributed by atoms with Crippen LogP contribution >= 0.6 is 11.6 Å². The molecule has 0 bridgehead atoms. The first-order valence-corrected chi connectivity index (χ1v) is 14.5. The molecule has 10 nitrogen and oxygen atoms in total. The van der Waals surface area contributed by atoms with Crippen molar-refractivity contribution in [2.45, 2.75) is 36.4 Å². The zero-order valence-electron chi connectivity index (χ0n) is 21.9. The van der Waals surface area contributed by atoms with Crippen molar-refractivity contribution in [2.75, 3.05) is 26.2 Å². The summed E-state index contributed by atoms with van der Waals surface area (Å²) in [4.78, 5) is 26.6. The molecule has 1 saturated heterocycles. The van der Waals surface area contributed by atoms with E-state index in [2.05, 4.69) is 25.8 Å². The summed E-state index contributed by atoms with van der Waals surface area (Å²) in [6.07, 6.45) is -3.93. The number of piperidine rings is 1. The molecule has 0 unspecified atom stereocenters. The third kappa shape index (κ3) is 7.07. The van der Waals surface area contributed by atoms with Gasteiger partial charge >= 0.3 is 6.18 Å². The van der Waals surface area contributed by atoms with Crippen LogP contribution in [0.4, 0.5) is 13.2 Å². The van der Waals surface area contributed by atoms with Gasteiger partial charge < -0.3 is 16.0 Å². The van der Waals surface area contributed by atoms with Crippen molar-refractivity contribution < 1.29 is 31.2 Å². The number of nitrogens with one attached hydrogen (secondary N) is 4. The van der Waals surface area contributed by atoms with Gasteiger partial charge in [-0.15, -0.1) is 0 Å². The monoisotopic (exact) mass is 612 g/mol. The van der Waals surface area contributed by atoms with E-state index in [0.29, 0.717) is 22.8 Å². The maximum Gasteiger partial charge on any atom is 0.434 e. The molecule has 0 atom stereocenters. The predicted octanol–water partition coefficient (Wildman–Crippen LogP) is 2.80. The van der Waals surface area contributed by atoms with Crippen LogP contribution in [-0.4, -0.2) is 61.7 Å². The lowest BCUT2D eigenvalue weighted by Gasteiger charge is -2.37. The first kappa shape index (κ1) is 30.5. The number of alkyl halides is 3.